The summed E-state index contributed by atoms with van der Waals surface area (Å²) in [6.07, 6.45) is 0. The molecule has 0 radical (unpaired) electrons. The van der Waals surface area contributed by atoms with Gasteiger partial charge in [0.05, 0.1) is 0 Å². The molecule has 1 fully saturated rings. The summed E-state index contributed by atoms with van der Waals surface area (Å²) >= 11 is 0. The molecule has 0 saturated carbocycles. The number of nitrogens with zero attached hydrogens (tertiary/aromatic N) is 1. The van der Waals surface area contributed by atoms with E-state index < -0.39 is 0 Å². The molecule has 1 aromatic rings. The lowest BCUT2D eigenvalue weighted by Crippen LogP contribution is -2.48. The highest BCUT2D eigenvalue weighted by Crippen LogP contribution is 2.18. The van der Waals surface area contributed by atoms with E-state index in [1.54, 1.807) is 0 Å². The van der Waals surface area contributed by atoms with Crippen molar-refractivity contribution in [2.24, 2.45) is 5.92 Å². The van der Waals surface area contributed by atoms with E-state index in [0.717, 1.165) is 12.5 Å². The van der Waals surface area contributed by atoms with Crippen LogP contribution in [0.2, 0.25) is 0 Å². The number of hydrogen-bond acceptors (Lipinski definition) is 2. The van der Waals surface area contributed by atoms with Gasteiger partial charge in [0.2, 0.25) is 0 Å². The Kier molecular flexibility index (Phi) is 3.27. The number of rotatable bonds is 4. The first-order valence-electron chi connectivity index (χ1n) is 5.82. The third-order valence-electron chi connectivity index (χ3n) is 3.09. The third kappa shape index (κ3) is 2.51. The molecule has 1 heterocycles. The zero-order valence-electron chi connectivity index (χ0n) is 9.66. The second-order valence-electron chi connectivity index (χ2n) is 4.40. The number of anilines is 1. The fourth-order valence-electron chi connectivity index (χ4n) is 2.03. The average Bonchev–Trinajstić information content (AvgIpc) is 2.16. The molecule has 0 atom stereocenters. The maximum atomic E-state index is 3.33. The lowest BCUT2D eigenvalue weighted by molar-refractivity contribution is 0.349. The van der Waals surface area contributed by atoms with Crippen molar-refractivity contribution in [2.75, 3.05) is 31.1 Å². The molecule has 0 spiro atoms. The maximum Gasteiger partial charge on any atom is 0.0368 e. The van der Waals surface area contributed by atoms with Gasteiger partial charge in [0, 0.05) is 37.8 Å². The first-order chi connectivity index (χ1) is 7.29. The van der Waals surface area contributed by atoms with E-state index in [9.17, 15) is 0 Å². The van der Waals surface area contributed by atoms with Gasteiger partial charge in [-0.1, -0.05) is 12.1 Å². The SMILES string of the molecule is CCN(CC1CNC1)c1cccc(C)c1. The standard InChI is InChI=1S/C13H20N2/c1-3-15(10-12-8-14-9-12)13-6-4-5-11(2)7-13/h4-7,12,14H,3,8-10H2,1-2H3. The molecule has 15 heavy (non-hydrogen) atoms. The summed E-state index contributed by atoms with van der Waals surface area (Å²) in [6, 6.07) is 8.78. The van der Waals surface area contributed by atoms with Crippen LogP contribution in [-0.2, 0) is 0 Å². The molecular weight excluding hydrogens is 184 g/mol. The van der Waals surface area contributed by atoms with E-state index in [2.05, 4.69) is 48.3 Å². The first kappa shape index (κ1) is 10.5. The number of aryl methyl sites for hydroxylation is 1. The van der Waals surface area contributed by atoms with Gasteiger partial charge in [-0.3, -0.25) is 0 Å². The van der Waals surface area contributed by atoms with Gasteiger partial charge >= 0.3 is 0 Å². The van der Waals surface area contributed by atoms with Crippen molar-refractivity contribution < 1.29 is 0 Å². The molecule has 0 aliphatic carbocycles. The van der Waals surface area contributed by atoms with Crippen molar-refractivity contribution in [2.45, 2.75) is 13.8 Å². The van der Waals surface area contributed by atoms with Crippen LogP contribution in [0.4, 0.5) is 5.69 Å². The minimum Gasteiger partial charge on any atom is -0.371 e. The molecule has 2 rings (SSSR count). The smallest absolute Gasteiger partial charge is 0.0368 e. The number of benzene rings is 1. The van der Waals surface area contributed by atoms with E-state index in [1.165, 1.54) is 30.9 Å². The van der Waals surface area contributed by atoms with Gasteiger partial charge in [0.15, 0.2) is 0 Å². The predicted molar refractivity (Wildman–Crippen MR) is 65.4 cm³/mol. The summed E-state index contributed by atoms with van der Waals surface area (Å²) in [5.74, 6) is 0.838. The van der Waals surface area contributed by atoms with E-state index >= 15 is 0 Å². The Labute approximate surface area is 92.3 Å². The van der Waals surface area contributed by atoms with Crippen LogP contribution >= 0.6 is 0 Å². The van der Waals surface area contributed by atoms with Crippen molar-refractivity contribution in [3.8, 4) is 0 Å². The Hall–Kier alpha value is -1.02. The molecule has 2 nitrogen and oxygen atoms in total. The van der Waals surface area contributed by atoms with Crippen molar-refractivity contribution in [1.82, 2.24) is 5.32 Å². The van der Waals surface area contributed by atoms with Gasteiger partial charge in [-0.25, -0.2) is 0 Å². The summed E-state index contributed by atoms with van der Waals surface area (Å²) < 4.78 is 0. The van der Waals surface area contributed by atoms with Crippen LogP contribution in [-0.4, -0.2) is 26.2 Å². The van der Waals surface area contributed by atoms with Crippen LogP contribution in [0.15, 0.2) is 24.3 Å². The highest BCUT2D eigenvalue weighted by atomic mass is 15.1. The molecular formula is C13H20N2. The Balaban J connectivity index is 2.04. The number of nitrogens with one attached hydrogen (secondary N) is 1. The molecule has 1 aliphatic heterocycles. The highest BCUT2D eigenvalue weighted by molar-refractivity contribution is 5.48. The lowest BCUT2D eigenvalue weighted by atomic mass is 10.0. The second kappa shape index (κ2) is 4.67. The molecule has 0 aromatic heterocycles. The minimum absolute atomic E-state index is 0.838. The number of hydrogen-bond donors (Lipinski definition) is 1. The maximum absolute atomic E-state index is 3.33. The zero-order chi connectivity index (χ0) is 10.7. The quantitative estimate of drug-likeness (QED) is 0.807. The van der Waals surface area contributed by atoms with E-state index in [4.69, 9.17) is 0 Å². The van der Waals surface area contributed by atoms with Crippen molar-refractivity contribution in [3.05, 3.63) is 29.8 Å². The first-order valence-corrected chi connectivity index (χ1v) is 5.82. The third-order valence-corrected chi connectivity index (χ3v) is 3.09. The van der Waals surface area contributed by atoms with E-state index in [-0.39, 0.29) is 0 Å². The van der Waals surface area contributed by atoms with Crippen LogP contribution in [0, 0.1) is 12.8 Å². The molecule has 0 amide bonds. The van der Waals surface area contributed by atoms with E-state index in [1.807, 2.05) is 0 Å². The van der Waals surface area contributed by atoms with Gasteiger partial charge in [-0.2, -0.15) is 0 Å². The van der Waals surface area contributed by atoms with Crippen molar-refractivity contribution >= 4 is 5.69 Å². The molecule has 0 unspecified atom stereocenters. The zero-order valence-corrected chi connectivity index (χ0v) is 9.66. The van der Waals surface area contributed by atoms with Gasteiger partial charge in [-0.15, -0.1) is 0 Å². The fraction of sp³-hybridized carbons (Fsp3) is 0.538. The van der Waals surface area contributed by atoms with Crippen LogP contribution in [0.25, 0.3) is 0 Å². The van der Waals surface area contributed by atoms with Crippen LogP contribution in [0.5, 0.6) is 0 Å². The molecule has 0 bridgehead atoms. The van der Waals surface area contributed by atoms with Crippen molar-refractivity contribution in [3.63, 3.8) is 0 Å². The van der Waals surface area contributed by atoms with Crippen LogP contribution < -0.4 is 10.2 Å². The summed E-state index contributed by atoms with van der Waals surface area (Å²) in [7, 11) is 0. The van der Waals surface area contributed by atoms with Gasteiger partial charge < -0.3 is 10.2 Å². The topological polar surface area (TPSA) is 15.3 Å². The summed E-state index contributed by atoms with van der Waals surface area (Å²) in [5.41, 5.74) is 2.71. The molecule has 1 aliphatic rings. The lowest BCUT2D eigenvalue weighted by Gasteiger charge is -2.34. The largest absolute Gasteiger partial charge is 0.371 e. The molecule has 2 heteroatoms. The monoisotopic (exact) mass is 204 g/mol. The minimum atomic E-state index is 0.838. The van der Waals surface area contributed by atoms with Gasteiger partial charge in [0.1, 0.15) is 0 Å². The van der Waals surface area contributed by atoms with Gasteiger partial charge in [0.25, 0.3) is 0 Å². The summed E-state index contributed by atoms with van der Waals surface area (Å²) in [4.78, 5) is 2.47. The Morgan fingerprint density at radius 2 is 2.20 bits per heavy atom. The predicted octanol–water partition coefficient (Wildman–Crippen LogP) is 2.04. The molecule has 1 aromatic carbocycles. The molecule has 1 saturated heterocycles. The Bertz CT molecular complexity index is 318. The Morgan fingerprint density at radius 3 is 2.73 bits per heavy atom. The highest BCUT2D eigenvalue weighted by Gasteiger charge is 2.19. The molecule has 82 valence electrons. The van der Waals surface area contributed by atoms with Crippen LogP contribution in [0.1, 0.15) is 12.5 Å². The van der Waals surface area contributed by atoms with Crippen molar-refractivity contribution in [1.29, 1.82) is 0 Å². The normalized spacial score (nSPS) is 16.1. The fourth-order valence-corrected chi connectivity index (χ4v) is 2.03. The van der Waals surface area contributed by atoms with Gasteiger partial charge in [-0.05, 0) is 31.5 Å². The summed E-state index contributed by atoms with van der Waals surface area (Å²) in [5, 5.41) is 3.33. The van der Waals surface area contributed by atoms with E-state index in [0.29, 0.717) is 0 Å². The van der Waals surface area contributed by atoms with Crippen LogP contribution in [0.3, 0.4) is 0 Å². The molecule has 1 N–H and O–H groups in total. The Morgan fingerprint density at radius 1 is 1.40 bits per heavy atom. The second-order valence-corrected chi connectivity index (χ2v) is 4.40. The average molecular weight is 204 g/mol. The summed E-state index contributed by atoms with van der Waals surface area (Å²) in [6.45, 7) is 9.04.